The summed E-state index contributed by atoms with van der Waals surface area (Å²) in [5.74, 6) is -0.481. The Morgan fingerprint density at radius 2 is 2.00 bits per heavy atom. The number of amides is 2. The Hall–Kier alpha value is -3.92. The van der Waals surface area contributed by atoms with Gasteiger partial charge in [0, 0.05) is 54.2 Å². The lowest BCUT2D eigenvalue weighted by atomic mass is 10.0. The number of benzene rings is 2. The monoisotopic (exact) mass is 412 g/mol. The number of rotatable bonds is 8. The smallest absolute Gasteiger partial charge is 0.270 e. The summed E-state index contributed by atoms with van der Waals surface area (Å²) in [6.07, 6.45) is 2.19. The minimum absolute atomic E-state index is 0.0113. The van der Waals surface area contributed by atoms with Crippen LogP contribution in [0.2, 0.25) is 0 Å². The number of aromatic amines is 1. The number of non-ortho nitro benzene ring substituents is 1. The van der Waals surface area contributed by atoms with Gasteiger partial charge < -0.3 is 15.0 Å². The second kappa shape index (κ2) is 9.05. The van der Waals surface area contributed by atoms with Crippen molar-refractivity contribution in [3.63, 3.8) is 0 Å². The van der Waals surface area contributed by atoms with Crippen LogP contribution in [0, 0.1) is 10.1 Å². The van der Waals surface area contributed by atoms with E-state index in [2.05, 4.69) is 10.3 Å². The van der Waals surface area contributed by atoms with Gasteiger partial charge in [0.25, 0.3) is 11.6 Å². The molecule has 156 valence electrons. The number of ether oxygens (including phenoxy) is 1. The number of nitrogens with zero attached hydrogens (tertiary/aromatic N) is 1. The summed E-state index contributed by atoms with van der Waals surface area (Å²) in [6, 6.07) is 9.62. The van der Waals surface area contributed by atoms with Crippen LogP contribution in [0.15, 0.2) is 42.6 Å². The molecule has 10 nitrogen and oxygen atoms in total. The number of H-pyrrole nitrogens is 1. The van der Waals surface area contributed by atoms with E-state index in [4.69, 9.17) is 9.94 Å². The first kappa shape index (κ1) is 20.8. The molecule has 1 heterocycles. The Morgan fingerprint density at radius 3 is 2.70 bits per heavy atom. The maximum absolute atomic E-state index is 12.3. The molecule has 0 radical (unpaired) electrons. The largest absolute Gasteiger partial charge is 0.496 e. The quantitative estimate of drug-likeness (QED) is 0.254. The summed E-state index contributed by atoms with van der Waals surface area (Å²) in [4.78, 5) is 37.0. The zero-order chi connectivity index (χ0) is 21.7. The average Bonchev–Trinajstić information content (AvgIpc) is 3.15. The second-order valence-corrected chi connectivity index (χ2v) is 6.55. The van der Waals surface area contributed by atoms with E-state index in [1.165, 1.54) is 24.7 Å². The number of hydrogen-bond donors (Lipinski definition) is 4. The van der Waals surface area contributed by atoms with Crippen LogP contribution in [0.4, 0.5) is 5.69 Å². The topological polar surface area (TPSA) is 147 Å². The zero-order valence-corrected chi connectivity index (χ0v) is 16.1. The normalized spacial score (nSPS) is 10.6. The molecule has 3 aromatic rings. The van der Waals surface area contributed by atoms with Crippen LogP contribution in [0.1, 0.15) is 27.9 Å². The number of nitro benzene ring substituents is 1. The molecule has 4 N–H and O–H groups in total. The van der Waals surface area contributed by atoms with E-state index < -0.39 is 10.8 Å². The van der Waals surface area contributed by atoms with Crippen molar-refractivity contribution < 1.29 is 24.5 Å². The average molecular weight is 412 g/mol. The number of hydroxylamine groups is 1. The highest BCUT2D eigenvalue weighted by Gasteiger charge is 2.15. The SMILES string of the molecule is COc1cc(C(=O)NCCC(=O)NO)ccc1Cc1c[nH]c2ccc([N+](=O)[O-])cc12. The van der Waals surface area contributed by atoms with Crippen LogP contribution >= 0.6 is 0 Å². The zero-order valence-electron chi connectivity index (χ0n) is 16.1. The van der Waals surface area contributed by atoms with Gasteiger partial charge in [-0.15, -0.1) is 0 Å². The summed E-state index contributed by atoms with van der Waals surface area (Å²) in [7, 11) is 1.49. The second-order valence-electron chi connectivity index (χ2n) is 6.55. The molecule has 0 bridgehead atoms. The van der Waals surface area contributed by atoms with Crippen LogP contribution in [0.3, 0.4) is 0 Å². The molecule has 0 atom stereocenters. The van der Waals surface area contributed by atoms with Crippen molar-refractivity contribution in [2.45, 2.75) is 12.8 Å². The van der Waals surface area contributed by atoms with E-state index in [0.717, 1.165) is 22.0 Å². The number of fused-ring (bicyclic) bond motifs is 1. The third kappa shape index (κ3) is 4.55. The molecule has 2 aromatic carbocycles. The molecule has 0 saturated carbocycles. The van der Waals surface area contributed by atoms with Crippen molar-refractivity contribution in [2.75, 3.05) is 13.7 Å². The number of nitrogens with one attached hydrogen (secondary N) is 3. The van der Waals surface area contributed by atoms with Crippen LogP contribution < -0.4 is 15.5 Å². The van der Waals surface area contributed by atoms with Crippen molar-refractivity contribution in [1.29, 1.82) is 0 Å². The highest BCUT2D eigenvalue weighted by molar-refractivity contribution is 5.95. The summed E-state index contributed by atoms with van der Waals surface area (Å²) in [5.41, 5.74) is 4.32. The van der Waals surface area contributed by atoms with E-state index in [1.54, 1.807) is 30.5 Å². The van der Waals surface area contributed by atoms with Gasteiger partial charge in [0.05, 0.1) is 12.0 Å². The van der Waals surface area contributed by atoms with Gasteiger partial charge >= 0.3 is 0 Å². The fraction of sp³-hybridized carbons (Fsp3) is 0.200. The molecule has 2 amide bonds. The predicted octanol–water partition coefficient (Wildman–Crippen LogP) is 2.30. The Bertz CT molecular complexity index is 1110. The summed E-state index contributed by atoms with van der Waals surface area (Å²) < 4.78 is 5.42. The minimum atomic E-state index is -0.595. The molecule has 0 fully saturated rings. The first-order chi connectivity index (χ1) is 14.4. The van der Waals surface area contributed by atoms with Gasteiger partial charge in [0.1, 0.15) is 5.75 Å². The van der Waals surface area contributed by atoms with Crippen molar-refractivity contribution in [3.8, 4) is 5.75 Å². The molecular weight excluding hydrogens is 392 g/mol. The molecule has 10 heteroatoms. The highest BCUT2D eigenvalue weighted by atomic mass is 16.6. The Morgan fingerprint density at radius 1 is 1.20 bits per heavy atom. The van der Waals surface area contributed by atoms with Gasteiger partial charge in [-0.2, -0.15) is 0 Å². The molecular formula is C20H20N4O6. The lowest BCUT2D eigenvalue weighted by Gasteiger charge is -2.11. The molecule has 0 saturated heterocycles. The number of nitro groups is 1. The lowest BCUT2D eigenvalue weighted by Crippen LogP contribution is -2.29. The summed E-state index contributed by atoms with van der Waals surface area (Å²) >= 11 is 0. The van der Waals surface area contributed by atoms with Crippen molar-refractivity contribution in [2.24, 2.45) is 0 Å². The number of carbonyl (C=O) groups is 2. The van der Waals surface area contributed by atoms with Gasteiger partial charge in [-0.05, 0) is 29.3 Å². The maximum atomic E-state index is 12.3. The number of methoxy groups -OCH3 is 1. The van der Waals surface area contributed by atoms with Crippen LogP contribution in [-0.2, 0) is 11.2 Å². The van der Waals surface area contributed by atoms with Crippen molar-refractivity contribution >= 4 is 28.4 Å². The van der Waals surface area contributed by atoms with E-state index in [9.17, 15) is 19.7 Å². The van der Waals surface area contributed by atoms with E-state index in [0.29, 0.717) is 17.7 Å². The molecule has 0 spiro atoms. The Kier molecular flexibility index (Phi) is 6.28. The maximum Gasteiger partial charge on any atom is 0.270 e. The van der Waals surface area contributed by atoms with Gasteiger partial charge in [-0.3, -0.25) is 24.9 Å². The van der Waals surface area contributed by atoms with Gasteiger partial charge in [0.2, 0.25) is 5.91 Å². The molecule has 30 heavy (non-hydrogen) atoms. The minimum Gasteiger partial charge on any atom is -0.496 e. The number of aromatic nitrogens is 1. The van der Waals surface area contributed by atoms with E-state index >= 15 is 0 Å². The highest BCUT2D eigenvalue weighted by Crippen LogP contribution is 2.29. The van der Waals surface area contributed by atoms with Gasteiger partial charge in [0.15, 0.2) is 0 Å². The van der Waals surface area contributed by atoms with Crippen LogP contribution in [0.25, 0.3) is 10.9 Å². The molecule has 0 aliphatic rings. The fourth-order valence-electron chi connectivity index (χ4n) is 3.11. The molecule has 1 aromatic heterocycles. The Balaban J connectivity index is 1.79. The van der Waals surface area contributed by atoms with E-state index in [-0.39, 0.29) is 24.6 Å². The third-order valence-corrected chi connectivity index (χ3v) is 4.65. The first-order valence-electron chi connectivity index (χ1n) is 9.05. The van der Waals surface area contributed by atoms with E-state index in [1.807, 2.05) is 0 Å². The Labute approximate surface area is 171 Å². The fourth-order valence-corrected chi connectivity index (χ4v) is 3.11. The summed E-state index contributed by atoms with van der Waals surface area (Å²) in [6.45, 7) is 0.0728. The molecule has 0 aliphatic heterocycles. The van der Waals surface area contributed by atoms with Crippen LogP contribution in [0.5, 0.6) is 5.75 Å². The standard InChI is InChI=1S/C20H20N4O6/c1-30-18-9-13(20(26)21-7-6-19(25)23-27)3-2-12(18)8-14-11-22-17-5-4-15(24(28)29)10-16(14)17/h2-5,9-11,22,27H,6-8H2,1H3,(H,21,26)(H,23,25). The lowest BCUT2D eigenvalue weighted by molar-refractivity contribution is -0.384. The van der Waals surface area contributed by atoms with Gasteiger partial charge in [-0.25, -0.2) is 5.48 Å². The van der Waals surface area contributed by atoms with Crippen molar-refractivity contribution in [1.82, 2.24) is 15.8 Å². The number of hydrogen-bond acceptors (Lipinski definition) is 6. The molecule has 0 unspecified atom stereocenters. The summed E-state index contributed by atoms with van der Waals surface area (Å²) in [5, 5.41) is 22.9. The molecule has 0 aliphatic carbocycles. The van der Waals surface area contributed by atoms with Gasteiger partial charge in [-0.1, -0.05) is 6.07 Å². The first-order valence-corrected chi connectivity index (χ1v) is 9.05. The predicted molar refractivity (Wildman–Crippen MR) is 108 cm³/mol. The van der Waals surface area contributed by atoms with Crippen molar-refractivity contribution in [3.05, 3.63) is 69.4 Å². The third-order valence-electron chi connectivity index (χ3n) is 4.65. The van der Waals surface area contributed by atoms with Crippen LogP contribution in [-0.4, -0.2) is 40.6 Å². The molecule has 3 rings (SSSR count). The number of carbonyl (C=O) groups excluding carboxylic acids is 2.